The first kappa shape index (κ1) is 33.1. The van der Waals surface area contributed by atoms with Crippen molar-refractivity contribution in [1.29, 1.82) is 0 Å². The second-order valence-corrected chi connectivity index (χ2v) is 14.1. The Balaban J connectivity index is 1.61. The minimum atomic E-state index is -3.64. The smallest absolute Gasteiger partial charge is 0.243 e. The molecule has 0 heterocycles. The van der Waals surface area contributed by atoms with Crippen molar-refractivity contribution < 1.29 is 18.0 Å². The third-order valence-electron chi connectivity index (χ3n) is 7.58. The average Bonchev–Trinajstić information content (AvgIpc) is 3.47. The van der Waals surface area contributed by atoms with Crippen LogP contribution in [0.25, 0.3) is 0 Å². The van der Waals surface area contributed by atoms with Gasteiger partial charge in [0.25, 0.3) is 0 Å². The second kappa shape index (κ2) is 15.3. The lowest BCUT2D eigenvalue weighted by Crippen LogP contribution is -2.52. The van der Waals surface area contributed by atoms with Gasteiger partial charge in [-0.1, -0.05) is 90.1 Å². The minimum Gasteiger partial charge on any atom is -0.352 e. The van der Waals surface area contributed by atoms with Crippen LogP contribution >= 0.6 is 34.8 Å². The van der Waals surface area contributed by atoms with E-state index in [9.17, 15) is 18.0 Å². The number of benzene rings is 3. The molecule has 3 aromatic carbocycles. The summed E-state index contributed by atoms with van der Waals surface area (Å²) < 4.78 is 26.5. The highest BCUT2D eigenvalue weighted by Crippen LogP contribution is 2.26. The fourth-order valence-electron chi connectivity index (χ4n) is 5.39. The van der Waals surface area contributed by atoms with Gasteiger partial charge in [0.05, 0.1) is 11.9 Å². The molecule has 1 atom stereocenters. The van der Waals surface area contributed by atoms with Crippen molar-refractivity contribution in [3.05, 3.63) is 99.0 Å². The zero-order valence-corrected chi connectivity index (χ0v) is 27.1. The van der Waals surface area contributed by atoms with Gasteiger partial charge in [0.1, 0.15) is 6.04 Å². The number of nitrogens with zero attached hydrogens (tertiary/aromatic N) is 2. The molecule has 3 aromatic rings. The van der Waals surface area contributed by atoms with Crippen molar-refractivity contribution in [1.82, 2.24) is 10.2 Å². The highest BCUT2D eigenvalue weighted by atomic mass is 35.5. The number of hydrogen-bond donors (Lipinski definition) is 1. The monoisotopic (exact) mass is 663 g/mol. The Labute approximate surface area is 269 Å². The van der Waals surface area contributed by atoms with Crippen LogP contribution in [-0.4, -0.2) is 50.0 Å². The lowest BCUT2D eigenvalue weighted by Gasteiger charge is -2.33. The first-order valence-electron chi connectivity index (χ1n) is 14.3. The van der Waals surface area contributed by atoms with E-state index < -0.39 is 16.1 Å². The number of sulfonamides is 1. The topological polar surface area (TPSA) is 86.8 Å². The first-order valence-corrected chi connectivity index (χ1v) is 17.3. The van der Waals surface area contributed by atoms with Gasteiger partial charge in [-0.2, -0.15) is 0 Å². The fraction of sp³-hybridized carbons (Fsp3) is 0.375. The molecule has 2 amide bonds. The van der Waals surface area contributed by atoms with Crippen molar-refractivity contribution in [3.63, 3.8) is 0 Å². The highest BCUT2D eigenvalue weighted by Gasteiger charge is 2.32. The van der Waals surface area contributed by atoms with E-state index in [4.69, 9.17) is 34.8 Å². The molecule has 4 rings (SSSR count). The van der Waals surface area contributed by atoms with E-state index in [1.54, 1.807) is 47.4 Å². The Morgan fingerprint density at radius 2 is 1.63 bits per heavy atom. The van der Waals surface area contributed by atoms with Gasteiger partial charge in [0.15, 0.2) is 0 Å². The van der Waals surface area contributed by atoms with Crippen molar-refractivity contribution in [3.8, 4) is 0 Å². The molecule has 43 heavy (non-hydrogen) atoms. The van der Waals surface area contributed by atoms with Crippen molar-refractivity contribution in [2.45, 2.75) is 63.6 Å². The van der Waals surface area contributed by atoms with Gasteiger partial charge in [-0.05, 0) is 60.7 Å². The van der Waals surface area contributed by atoms with Crippen molar-refractivity contribution >= 4 is 62.3 Å². The molecule has 0 spiro atoms. The van der Waals surface area contributed by atoms with Gasteiger partial charge in [-0.3, -0.25) is 13.9 Å². The number of carbonyl (C=O) groups is 2. The Morgan fingerprint density at radius 3 is 2.28 bits per heavy atom. The molecule has 0 bridgehead atoms. The maximum Gasteiger partial charge on any atom is 0.243 e. The summed E-state index contributed by atoms with van der Waals surface area (Å²) in [5, 5.41) is 4.44. The maximum atomic E-state index is 14.0. The molecule has 230 valence electrons. The molecule has 11 heteroatoms. The van der Waals surface area contributed by atoms with E-state index in [1.165, 1.54) is 4.31 Å². The predicted octanol–water partition coefficient (Wildman–Crippen LogP) is 6.89. The molecule has 0 aliphatic heterocycles. The number of hydrogen-bond acceptors (Lipinski definition) is 4. The molecule has 1 N–H and O–H groups in total. The number of anilines is 1. The second-order valence-electron chi connectivity index (χ2n) is 10.9. The van der Waals surface area contributed by atoms with Crippen LogP contribution in [-0.2, 0) is 32.6 Å². The number of rotatable bonds is 13. The van der Waals surface area contributed by atoms with Gasteiger partial charge in [-0.25, -0.2) is 8.42 Å². The molecule has 0 radical (unpaired) electrons. The van der Waals surface area contributed by atoms with Crippen LogP contribution < -0.4 is 9.62 Å². The van der Waals surface area contributed by atoms with Gasteiger partial charge in [0, 0.05) is 47.0 Å². The summed E-state index contributed by atoms with van der Waals surface area (Å²) in [6.45, 7) is 0.159. The first-order chi connectivity index (χ1) is 20.5. The van der Waals surface area contributed by atoms with Crippen LogP contribution in [0.1, 0.15) is 49.7 Å². The molecule has 1 aliphatic rings. The van der Waals surface area contributed by atoms with Crippen molar-refractivity contribution in [2.24, 2.45) is 0 Å². The minimum absolute atomic E-state index is 0.0137. The van der Waals surface area contributed by atoms with E-state index >= 15 is 0 Å². The quantitative estimate of drug-likeness (QED) is 0.216. The number of carbonyl (C=O) groups excluding carboxylic acids is 2. The largest absolute Gasteiger partial charge is 0.352 e. The standard InChI is InChI=1S/C32H36Cl3N3O4S/c1-43(41,42)38(28-14-7-11-25(33)20-28)18-8-15-31(39)37(22-24-16-17-26(34)21-29(24)35)30(19-23-9-3-2-4-10-23)32(40)36-27-12-5-6-13-27/h2-4,7,9-11,14,16-17,20-21,27,30H,5-6,8,12-13,15,18-19,22H2,1H3,(H,36,40)/t30-/m1/s1. The molecular weight excluding hydrogens is 629 g/mol. The number of halogens is 3. The van der Waals surface area contributed by atoms with Crippen LogP contribution in [0.5, 0.6) is 0 Å². The van der Waals surface area contributed by atoms with Crippen LogP contribution in [0, 0.1) is 0 Å². The lowest BCUT2D eigenvalue weighted by atomic mass is 10.0. The molecule has 1 saturated carbocycles. The zero-order chi connectivity index (χ0) is 31.0. The Morgan fingerprint density at radius 1 is 0.930 bits per heavy atom. The average molecular weight is 665 g/mol. The number of amides is 2. The zero-order valence-electron chi connectivity index (χ0n) is 24.0. The van der Waals surface area contributed by atoms with E-state index in [2.05, 4.69) is 5.32 Å². The Hall–Kier alpha value is -2.78. The number of nitrogens with one attached hydrogen (secondary N) is 1. The summed E-state index contributed by atoms with van der Waals surface area (Å²) in [6.07, 6.45) is 5.60. The summed E-state index contributed by atoms with van der Waals surface area (Å²) in [6, 6.07) is 20.5. The van der Waals surface area contributed by atoms with Gasteiger partial charge in [0.2, 0.25) is 21.8 Å². The molecule has 0 unspecified atom stereocenters. The van der Waals surface area contributed by atoms with Crippen molar-refractivity contribution in [2.75, 3.05) is 17.1 Å². The van der Waals surface area contributed by atoms with E-state index in [0.717, 1.165) is 37.5 Å². The van der Waals surface area contributed by atoms with Crippen LogP contribution in [0.4, 0.5) is 5.69 Å². The summed E-state index contributed by atoms with van der Waals surface area (Å²) in [5.74, 6) is -0.501. The van der Waals surface area contributed by atoms with Crippen LogP contribution in [0.3, 0.4) is 0 Å². The third-order valence-corrected chi connectivity index (χ3v) is 9.59. The Kier molecular flexibility index (Phi) is 11.8. The predicted molar refractivity (Wildman–Crippen MR) is 174 cm³/mol. The van der Waals surface area contributed by atoms with Crippen LogP contribution in [0.2, 0.25) is 15.1 Å². The molecule has 1 aliphatic carbocycles. The SMILES string of the molecule is CS(=O)(=O)N(CCCC(=O)N(Cc1ccc(Cl)cc1Cl)[C@H](Cc1ccccc1)C(=O)NC1CCCC1)c1cccc(Cl)c1. The fourth-order valence-corrected chi connectivity index (χ4v) is 7.00. The van der Waals surface area contributed by atoms with E-state index in [1.807, 2.05) is 30.3 Å². The third kappa shape index (κ3) is 9.60. The summed E-state index contributed by atoms with van der Waals surface area (Å²) in [4.78, 5) is 29.4. The van der Waals surface area contributed by atoms with Gasteiger partial charge in [-0.15, -0.1) is 0 Å². The van der Waals surface area contributed by atoms with E-state index in [-0.39, 0.29) is 43.8 Å². The molecule has 1 fully saturated rings. The molecular formula is C32H36Cl3N3O4S. The summed E-state index contributed by atoms with van der Waals surface area (Å²) in [5.41, 5.74) is 1.99. The molecule has 0 aromatic heterocycles. The Bertz CT molecular complexity index is 1520. The lowest BCUT2D eigenvalue weighted by molar-refractivity contribution is -0.141. The molecule has 0 saturated heterocycles. The van der Waals surface area contributed by atoms with Crippen LogP contribution in [0.15, 0.2) is 72.8 Å². The maximum absolute atomic E-state index is 14.0. The van der Waals surface area contributed by atoms with Gasteiger partial charge >= 0.3 is 0 Å². The van der Waals surface area contributed by atoms with Gasteiger partial charge < -0.3 is 10.2 Å². The summed E-state index contributed by atoms with van der Waals surface area (Å²) in [7, 11) is -3.64. The highest BCUT2D eigenvalue weighted by molar-refractivity contribution is 7.92. The van der Waals surface area contributed by atoms with E-state index in [0.29, 0.717) is 32.7 Å². The summed E-state index contributed by atoms with van der Waals surface area (Å²) >= 11 is 18.8. The normalized spacial score (nSPS) is 14.3. The molecule has 7 nitrogen and oxygen atoms in total.